The number of carbonyl (C=O) groups excluding carboxylic acids is 1. The van der Waals surface area contributed by atoms with Crippen LogP contribution in [-0.4, -0.2) is 32.9 Å². The lowest BCUT2D eigenvalue weighted by molar-refractivity contribution is -0.153. The van der Waals surface area contributed by atoms with Gasteiger partial charge in [0.25, 0.3) is 0 Å². The van der Waals surface area contributed by atoms with Crippen molar-refractivity contribution in [1.29, 1.82) is 0 Å². The molecule has 1 N–H and O–H groups in total. The van der Waals surface area contributed by atoms with Crippen molar-refractivity contribution in [3.63, 3.8) is 0 Å². The van der Waals surface area contributed by atoms with Crippen LogP contribution in [0.25, 0.3) is 10.6 Å². The molecule has 5 nitrogen and oxygen atoms in total. The number of carboxylic acid groups (broad SMARTS) is 1. The molecule has 1 aromatic heterocycles. The maximum Gasteiger partial charge on any atom is 0.355 e. The fourth-order valence-electron chi connectivity index (χ4n) is 2.03. The Labute approximate surface area is 155 Å². The van der Waals surface area contributed by atoms with E-state index in [2.05, 4.69) is 4.98 Å². The van der Waals surface area contributed by atoms with Crippen molar-refractivity contribution in [2.24, 2.45) is 0 Å². The van der Waals surface area contributed by atoms with Crippen molar-refractivity contribution in [2.75, 3.05) is 0 Å². The molecular formula is C18H21NO4S2. The molecule has 0 aliphatic carbocycles. The number of hydrogen-bond donors (Lipinski definition) is 1. The number of thioether (sulfide) groups is 1. The molecule has 0 aliphatic heterocycles. The largest absolute Gasteiger partial charge is 0.476 e. The Hall–Kier alpha value is -1.86. The average Bonchev–Trinajstić information content (AvgIpc) is 2.88. The quantitative estimate of drug-likeness (QED) is 0.602. The van der Waals surface area contributed by atoms with E-state index in [0.29, 0.717) is 9.88 Å². The highest BCUT2D eigenvalue weighted by Crippen LogP contribution is 2.31. The zero-order valence-corrected chi connectivity index (χ0v) is 16.5. The van der Waals surface area contributed by atoms with Gasteiger partial charge in [0.1, 0.15) is 15.9 Å². The summed E-state index contributed by atoms with van der Waals surface area (Å²) >= 11 is 2.78. The van der Waals surface area contributed by atoms with Crippen LogP contribution in [0.1, 0.15) is 43.1 Å². The zero-order valence-electron chi connectivity index (χ0n) is 14.8. The number of carboxylic acids is 1. The van der Waals surface area contributed by atoms with E-state index in [1.54, 1.807) is 6.92 Å². The fraction of sp³-hybridized carbons (Fsp3) is 0.389. The number of rotatable bonds is 5. The van der Waals surface area contributed by atoms with E-state index in [1.165, 1.54) is 23.1 Å². The van der Waals surface area contributed by atoms with E-state index in [1.807, 2.05) is 52.0 Å². The number of esters is 1. The highest BCUT2D eigenvalue weighted by Gasteiger charge is 2.22. The molecule has 0 fully saturated rings. The molecule has 25 heavy (non-hydrogen) atoms. The van der Waals surface area contributed by atoms with Gasteiger partial charge in [-0.15, -0.1) is 23.1 Å². The minimum atomic E-state index is -1.02. The van der Waals surface area contributed by atoms with Crippen molar-refractivity contribution in [1.82, 2.24) is 4.98 Å². The molecule has 0 aliphatic rings. The first-order valence-electron chi connectivity index (χ1n) is 7.77. The van der Waals surface area contributed by atoms with Crippen LogP contribution >= 0.6 is 23.1 Å². The summed E-state index contributed by atoms with van der Waals surface area (Å²) in [5.74, 6) is -1.26. The number of carbonyl (C=O) groups is 2. The van der Waals surface area contributed by atoms with Crippen LogP contribution in [0.3, 0.4) is 0 Å². The van der Waals surface area contributed by atoms with Crippen LogP contribution in [0.5, 0.6) is 0 Å². The van der Waals surface area contributed by atoms with Gasteiger partial charge in [-0.25, -0.2) is 9.78 Å². The molecule has 1 unspecified atom stereocenters. The average molecular weight is 380 g/mol. The lowest BCUT2D eigenvalue weighted by atomic mass is 10.2. The van der Waals surface area contributed by atoms with Crippen LogP contribution in [0.4, 0.5) is 0 Å². The molecule has 0 saturated carbocycles. The topological polar surface area (TPSA) is 76.5 Å². The Morgan fingerprint density at radius 2 is 1.84 bits per heavy atom. The molecule has 0 spiro atoms. The number of aryl methyl sites for hydroxylation is 1. The third-order valence-corrected chi connectivity index (χ3v) is 5.26. The maximum atomic E-state index is 12.0. The zero-order chi connectivity index (χ0) is 18.8. The Bertz CT molecular complexity index is 775. The first kappa shape index (κ1) is 19.5. The van der Waals surface area contributed by atoms with Crippen LogP contribution in [-0.2, 0) is 9.53 Å². The third-order valence-electron chi connectivity index (χ3n) is 3.15. The highest BCUT2D eigenvalue weighted by molar-refractivity contribution is 8.00. The van der Waals surface area contributed by atoms with Crippen molar-refractivity contribution >= 4 is 35.0 Å². The monoisotopic (exact) mass is 379 g/mol. The van der Waals surface area contributed by atoms with Gasteiger partial charge < -0.3 is 9.84 Å². The summed E-state index contributed by atoms with van der Waals surface area (Å²) in [6, 6.07) is 7.57. The van der Waals surface area contributed by atoms with Crippen molar-refractivity contribution in [3.05, 3.63) is 34.8 Å². The molecule has 2 aromatic rings. The second-order valence-electron chi connectivity index (χ2n) is 6.55. The van der Waals surface area contributed by atoms with Crippen molar-refractivity contribution in [3.8, 4) is 10.6 Å². The highest BCUT2D eigenvalue weighted by atomic mass is 32.2. The molecule has 1 aromatic carbocycles. The van der Waals surface area contributed by atoms with Crippen LogP contribution in [0.2, 0.25) is 0 Å². The van der Waals surface area contributed by atoms with Gasteiger partial charge in [-0.05, 0) is 46.8 Å². The number of hydrogen-bond acceptors (Lipinski definition) is 6. The van der Waals surface area contributed by atoms with Crippen LogP contribution in [0, 0.1) is 6.92 Å². The van der Waals surface area contributed by atoms with Crippen LogP contribution in [0.15, 0.2) is 29.2 Å². The van der Waals surface area contributed by atoms with Gasteiger partial charge in [-0.2, -0.15) is 0 Å². The van der Waals surface area contributed by atoms with Gasteiger partial charge in [0, 0.05) is 15.3 Å². The van der Waals surface area contributed by atoms with E-state index >= 15 is 0 Å². The minimum Gasteiger partial charge on any atom is -0.476 e. The summed E-state index contributed by atoms with van der Waals surface area (Å²) in [6.45, 7) is 9.10. The normalized spacial score (nSPS) is 12.7. The van der Waals surface area contributed by atoms with Gasteiger partial charge in [0.2, 0.25) is 0 Å². The second kappa shape index (κ2) is 7.58. The molecule has 1 atom stereocenters. The summed E-state index contributed by atoms with van der Waals surface area (Å²) in [7, 11) is 0. The summed E-state index contributed by atoms with van der Waals surface area (Å²) in [6.07, 6.45) is 0. The number of aromatic carboxylic acids is 1. The molecule has 0 amide bonds. The fourth-order valence-corrected chi connectivity index (χ4v) is 3.79. The predicted molar refractivity (Wildman–Crippen MR) is 100 cm³/mol. The van der Waals surface area contributed by atoms with Gasteiger partial charge in [-0.1, -0.05) is 12.1 Å². The lowest BCUT2D eigenvalue weighted by Gasteiger charge is -2.22. The van der Waals surface area contributed by atoms with E-state index in [9.17, 15) is 9.59 Å². The molecular weight excluding hydrogens is 358 g/mol. The van der Waals surface area contributed by atoms with Gasteiger partial charge in [-0.3, -0.25) is 4.79 Å². The van der Waals surface area contributed by atoms with E-state index in [0.717, 1.165) is 10.5 Å². The summed E-state index contributed by atoms with van der Waals surface area (Å²) < 4.78 is 5.38. The Kier molecular flexibility index (Phi) is 5.90. The van der Waals surface area contributed by atoms with Crippen molar-refractivity contribution < 1.29 is 19.4 Å². The lowest BCUT2D eigenvalue weighted by Crippen LogP contribution is -2.28. The minimum absolute atomic E-state index is 0.0944. The number of thiazole rings is 1. The van der Waals surface area contributed by atoms with Gasteiger partial charge in [0.15, 0.2) is 5.69 Å². The molecule has 7 heteroatoms. The molecule has 134 valence electrons. The first-order chi connectivity index (χ1) is 11.6. The smallest absolute Gasteiger partial charge is 0.355 e. The van der Waals surface area contributed by atoms with E-state index in [4.69, 9.17) is 9.84 Å². The van der Waals surface area contributed by atoms with Gasteiger partial charge >= 0.3 is 11.9 Å². The number of aromatic nitrogens is 1. The number of nitrogens with zero attached hydrogens (tertiary/aromatic N) is 1. The molecule has 0 bridgehead atoms. The Balaban J connectivity index is 2.08. The maximum absolute atomic E-state index is 12.0. The van der Waals surface area contributed by atoms with Gasteiger partial charge in [0.05, 0.1) is 0 Å². The second-order valence-corrected chi connectivity index (χ2v) is 9.16. The Morgan fingerprint density at radius 3 is 2.32 bits per heavy atom. The third kappa shape index (κ3) is 5.31. The van der Waals surface area contributed by atoms with Crippen molar-refractivity contribution in [2.45, 2.75) is 50.4 Å². The standard InChI is InChI=1S/C18H21NO4S2/c1-10-14(16(20)21)19-15(25-10)12-6-8-13(9-7-12)24-11(2)17(22)23-18(3,4)5/h6-9,11H,1-5H3,(H,20,21). The molecule has 0 saturated heterocycles. The predicted octanol–water partition coefficient (Wildman–Crippen LogP) is 4.64. The summed E-state index contributed by atoms with van der Waals surface area (Å²) in [4.78, 5) is 28.9. The summed E-state index contributed by atoms with van der Waals surface area (Å²) in [5, 5.41) is 9.46. The Morgan fingerprint density at radius 1 is 1.24 bits per heavy atom. The van der Waals surface area contributed by atoms with E-state index in [-0.39, 0.29) is 16.9 Å². The molecule has 0 radical (unpaired) electrons. The summed E-state index contributed by atoms with van der Waals surface area (Å²) in [5.41, 5.74) is 0.451. The first-order valence-corrected chi connectivity index (χ1v) is 9.47. The SMILES string of the molecule is Cc1sc(-c2ccc(SC(C)C(=O)OC(C)(C)C)cc2)nc1C(=O)O. The van der Waals surface area contributed by atoms with E-state index < -0.39 is 11.6 Å². The van der Waals surface area contributed by atoms with Crippen LogP contribution < -0.4 is 0 Å². The number of benzene rings is 1. The molecule has 2 rings (SSSR count). The number of ether oxygens (including phenoxy) is 1. The molecule has 1 heterocycles.